The number of alkyl halides is 2. The first kappa shape index (κ1) is 20.5. The van der Waals surface area contributed by atoms with Gasteiger partial charge in [0, 0.05) is 18.3 Å². The molecule has 3 heterocycles. The van der Waals surface area contributed by atoms with Gasteiger partial charge in [-0.2, -0.15) is 10.2 Å². The fraction of sp³-hybridized carbons (Fsp3) is 0.238. The standard InChI is InChI=1S/C21H20F2N6O2/c1-12-8-13(27-28(12)2)10-24-21(30)15-11-25-29-17(19(22)23)9-16(26-20(15)29)14-6-4-5-7-18(14)31-3/h4-9,11,19H,10H2,1-3H3,(H,24,30). The van der Waals surface area contributed by atoms with E-state index in [9.17, 15) is 13.6 Å². The third-order valence-corrected chi connectivity index (χ3v) is 4.94. The molecule has 1 aromatic carbocycles. The van der Waals surface area contributed by atoms with Crippen LogP contribution in [0.2, 0.25) is 0 Å². The van der Waals surface area contributed by atoms with E-state index in [-0.39, 0.29) is 29.1 Å². The van der Waals surface area contributed by atoms with E-state index in [4.69, 9.17) is 4.74 Å². The van der Waals surface area contributed by atoms with Crippen LogP contribution in [0, 0.1) is 6.92 Å². The summed E-state index contributed by atoms with van der Waals surface area (Å²) in [7, 11) is 3.30. The minimum Gasteiger partial charge on any atom is -0.496 e. The molecule has 4 rings (SSSR count). The fourth-order valence-corrected chi connectivity index (χ4v) is 3.28. The molecule has 0 atom stereocenters. The van der Waals surface area contributed by atoms with Crippen LogP contribution in [0.5, 0.6) is 5.75 Å². The summed E-state index contributed by atoms with van der Waals surface area (Å²) in [5.41, 5.74) is 2.18. The number of hydrogen-bond donors (Lipinski definition) is 1. The second-order valence-corrected chi connectivity index (χ2v) is 6.94. The van der Waals surface area contributed by atoms with E-state index in [1.165, 1.54) is 19.4 Å². The van der Waals surface area contributed by atoms with E-state index in [0.717, 1.165) is 10.2 Å². The van der Waals surface area contributed by atoms with Crippen LogP contribution in [0.1, 0.15) is 33.9 Å². The van der Waals surface area contributed by atoms with Crippen molar-refractivity contribution in [1.82, 2.24) is 29.7 Å². The SMILES string of the molecule is COc1ccccc1-c1cc(C(F)F)n2ncc(C(=O)NCc3cc(C)n(C)n3)c2n1. The minimum atomic E-state index is -2.81. The summed E-state index contributed by atoms with van der Waals surface area (Å²) in [6.45, 7) is 2.09. The number of carbonyl (C=O) groups is 1. The van der Waals surface area contributed by atoms with Gasteiger partial charge in [0.05, 0.1) is 31.2 Å². The molecule has 0 aliphatic rings. The number of hydrogen-bond acceptors (Lipinski definition) is 5. The Balaban J connectivity index is 1.74. The van der Waals surface area contributed by atoms with E-state index in [2.05, 4.69) is 20.5 Å². The van der Waals surface area contributed by atoms with Crippen molar-refractivity contribution in [3.8, 4) is 17.0 Å². The van der Waals surface area contributed by atoms with Gasteiger partial charge in [0.1, 0.15) is 17.0 Å². The second-order valence-electron chi connectivity index (χ2n) is 6.94. The van der Waals surface area contributed by atoms with Gasteiger partial charge in [0.2, 0.25) is 0 Å². The number of para-hydroxylation sites is 1. The molecule has 10 heteroatoms. The molecule has 0 saturated heterocycles. The number of carbonyl (C=O) groups excluding carboxylic acids is 1. The molecule has 0 aliphatic carbocycles. The van der Waals surface area contributed by atoms with Crippen LogP contribution in [0.4, 0.5) is 8.78 Å². The summed E-state index contributed by atoms with van der Waals surface area (Å²) in [5, 5.41) is 11.0. The lowest BCUT2D eigenvalue weighted by atomic mass is 10.1. The molecule has 0 aliphatic heterocycles. The van der Waals surface area contributed by atoms with Crippen LogP contribution in [-0.2, 0) is 13.6 Å². The topological polar surface area (TPSA) is 86.3 Å². The van der Waals surface area contributed by atoms with Crippen LogP contribution < -0.4 is 10.1 Å². The largest absolute Gasteiger partial charge is 0.496 e. The molecular weight excluding hydrogens is 406 g/mol. The number of halogens is 2. The van der Waals surface area contributed by atoms with Crippen molar-refractivity contribution in [2.24, 2.45) is 7.05 Å². The number of amides is 1. The number of aryl methyl sites for hydroxylation is 2. The molecule has 0 radical (unpaired) electrons. The summed E-state index contributed by atoms with van der Waals surface area (Å²) in [5.74, 6) is -0.00111. The fourth-order valence-electron chi connectivity index (χ4n) is 3.28. The van der Waals surface area contributed by atoms with Crippen molar-refractivity contribution in [2.75, 3.05) is 7.11 Å². The second kappa shape index (κ2) is 8.13. The Morgan fingerprint density at radius 3 is 2.71 bits per heavy atom. The number of methoxy groups -OCH3 is 1. The number of aromatic nitrogens is 5. The monoisotopic (exact) mass is 426 g/mol. The predicted octanol–water partition coefficient (Wildman–Crippen LogP) is 3.31. The van der Waals surface area contributed by atoms with Crippen molar-refractivity contribution >= 4 is 11.6 Å². The zero-order valence-corrected chi connectivity index (χ0v) is 17.1. The maximum Gasteiger partial charge on any atom is 0.280 e. The molecule has 0 spiro atoms. The molecule has 160 valence electrons. The lowest BCUT2D eigenvalue weighted by Crippen LogP contribution is -2.23. The van der Waals surface area contributed by atoms with Gasteiger partial charge in [0.25, 0.3) is 12.3 Å². The van der Waals surface area contributed by atoms with E-state index in [1.54, 1.807) is 36.0 Å². The molecule has 1 amide bonds. The van der Waals surface area contributed by atoms with E-state index in [0.29, 0.717) is 17.0 Å². The molecule has 8 nitrogen and oxygen atoms in total. The van der Waals surface area contributed by atoms with E-state index < -0.39 is 12.3 Å². The van der Waals surface area contributed by atoms with Gasteiger partial charge < -0.3 is 10.1 Å². The Morgan fingerprint density at radius 2 is 2.03 bits per heavy atom. The van der Waals surface area contributed by atoms with Gasteiger partial charge in [-0.25, -0.2) is 18.3 Å². The van der Waals surface area contributed by atoms with Crippen LogP contribution >= 0.6 is 0 Å². The summed E-state index contributed by atoms with van der Waals surface area (Å²) >= 11 is 0. The Kier molecular flexibility index (Phi) is 5.37. The summed E-state index contributed by atoms with van der Waals surface area (Å²) in [6.07, 6.45) is -1.58. The number of nitrogens with one attached hydrogen (secondary N) is 1. The first-order valence-electron chi connectivity index (χ1n) is 9.47. The highest BCUT2D eigenvalue weighted by Crippen LogP contribution is 2.32. The molecule has 0 fully saturated rings. The van der Waals surface area contributed by atoms with E-state index >= 15 is 0 Å². The zero-order valence-electron chi connectivity index (χ0n) is 17.1. The first-order valence-corrected chi connectivity index (χ1v) is 9.47. The quantitative estimate of drug-likeness (QED) is 0.511. The molecule has 0 bridgehead atoms. The Morgan fingerprint density at radius 1 is 1.26 bits per heavy atom. The molecule has 4 aromatic rings. The molecule has 3 aromatic heterocycles. The average molecular weight is 426 g/mol. The molecule has 1 N–H and O–H groups in total. The van der Waals surface area contributed by atoms with Crippen molar-refractivity contribution < 1.29 is 18.3 Å². The number of ether oxygens (including phenoxy) is 1. The van der Waals surface area contributed by atoms with Gasteiger partial charge in [-0.3, -0.25) is 9.48 Å². The minimum absolute atomic E-state index is 0.0356. The van der Waals surface area contributed by atoms with Crippen LogP contribution in [-0.4, -0.2) is 37.4 Å². The molecule has 0 unspecified atom stereocenters. The third-order valence-electron chi connectivity index (χ3n) is 4.94. The predicted molar refractivity (Wildman–Crippen MR) is 109 cm³/mol. The molecular formula is C21H20F2N6O2. The smallest absolute Gasteiger partial charge is 0.280 e. The lowest BCUT2D eigenvalue weighted by molar-refractivity contribution is 0.0951. The summed E-state index contributed by atoms with van der Waals surface area (Å²) in [6, 6.07) is 10.1. The Labute approximate surface area is 176 Å². The maximum atomic E-state index is 13.8. The zero-order chi connectivity index (χ0) is 22.1. The third kappa shape index (κ3) is 3.83. The Bertz CT molecular complexity index is 1240. The number of benzene rings is 1. The lowest BCUT2D eigenvalue weighted by Gasteiger charge is -2.11. The number of fused-ring (bicyclic) bond motifs is 1. The van der Waals surface area contributed by atoms with Gasteiger partial charge >= 0.3 is 0 Å². The highest BCUT2D eigenvalue weighted by atomic mass is 19.3. The molecule has 0 saturated carbocycles. The van der Waals surface area contributed by atoms with Crippen LogP contribution in [0.25, 0.3) is 16.9 Å². The van der Waals surface area contributed by atoms with Gasteiger partial charge in [-0.1, -0.05) is 12.1 Å². The van der Waals surface area contributed by atoms with E-state index in [1.807, 2.05) is 13.0 Å². The average Bonchev–Trinajstić information content (AvgIpc) is 3.33. The highest BCUT2D eigenvalue weighted by Gasteiger charge is 2.22. The van der Waals surface area contributed by atoms with Crippen molar-refractivity contribution in [2.45, 2.75) is 19.9 Å². The van der Waals surface area contributed by atoms with Gasteiger partial charge in [0.15, 0.2) is 5.65 Å². The van der Waals surface area contributed by atoms with Gasteiger partial charge in [-0.05, 0) is 31.2 Å². The Hall–Kier alpha value is -3.82. The first-order chi connectivity index (χ1) is 14.9. The summed E-state index contributed by atoms with van der Waals surface area (Å²) in [4.78, 5) is 17.2. The van der Waals surface area contributed by atoms with Crippen molar-refractivity contribution in [3.05, 3.63) is 65.2 Å². The summed E-state index contributed by atoms with van der Waals surface area (Å²) < 4.78 is 35.6. The van der Waals surface area contributed by atoms with Crippen LogP contribution in [0.3, 0.4) is 0 Å². The van der Waals surface area contributed by atoms with Crippen molar-refractivity contribution in [1.29, 1.82) is 0 Å². The number of nitrogens with zero attached hydrogens (tertiary/aromatic N) is 5. The number of rotatable bonds is 6. The molecule has 31 heavy (non-hydrogen) atoms. The van der Waals surface area contributed by atoms with Crippen molar-refractivity contribution in [3.63, 3.8) is 0 Å². The normalized spacial score (nSPS) is 11.3. The van der Waals surface area contributed by atoms with Gasteiger partial charge in [-0.15, -0.1) is 0 Å². The van der Waals surface area contributed by atoms with Crippen LogP contribution in [0.15, 0.2) is 42.6 Å². The highest BCUT2D eigenvalue weighted by molar-refractivity contribution is 5.99. The maximum absolute atomic E-state index is 13.8.